The second-order valence-electron chi connectivity index (χ2n) is 2.51. The summed E-state index contributed by atoms with van der Waals surface area (Å²) in [5.41, 5.74) is -6.44. The third-order valence-corrected chi connectivity index (χ3v) is 2.26. The minimum Gasteiger partial charge on any atom is -0.258 e. The number of benzene rings is 1. The van der Waals surface area contributed by atoms with Crippen LogP contribution in [-0.2, 0) is 0 Å². The first-order chi connectivity index (χ1) is 7.22. The molecule has 0 atom stereocenters. The average molecular weight is 259 g/mol. The van der Waals surface area contributed by atoms with E-state index in [1.165, 1.54) is 0 Å². The highest BCUT2D eigenvalue weighted by Gasteiger charge is 2.36. The first kappa shape index (κ1) is 12.7. The maximum Gasteiger partial charge on any atom is 0.446 e. The Labute approximate surface area is 89.4 Å². The Bertz CT molecular complexity index is 434. The molecule has 0 unspecified atom stereocenters. The quantitative estimate of drug-likeness (QED) is 0.353. The third kappa shape index (κ3) is 2.81. The van der Waals surface area contributed by atoms with E-state index < -0.39 is 44.4 Å². The molecule has 0 amide bonds. The highest BCUT2D eigenvalue weighted by Crippen LogP contribution is 2.43. The summed E-state index contributed by atoms with van der Waals surface area (Å²) in [5.74, 6) is -3.01. The number of alkyl halides is 3. The van der Waals surface area contributed by atoms with E-state index in [0.717, 1.165) is 0 Å². The molecule has 1 aromatic carbocycles. The van der Waals surface area contributed by atoms with E-state index in [4.69, 9.17) is 0 Å². The van der Waals surface area contributed by atoms with Crippen LogP contribution >= 0.6 is 11.8 Å². The molecule has 88 valence electrons. The molecular formula is C7H2F5NO2S. The van der Waals surface area contributed by atoms with Gasteiger partial charge in [0.15, 0.2) is 0 Å². The van der Waals surface area contributed by atoms with Gasteiger partial charge in [0.25, 0.3) is 0 Å². The van der Waals surface area contributed by atoms with E-state index in [-0.39, 0.29) is 0 Å². The summed E-state index contributed by atoms with van der Waals surface area (Å²) >= 11 is -1.06. The van der Waals surface area contributed by atoms with Gasteiger partial charge in [-0.1, -0.05) is 0 Å². The topological polar surface area (TPSA) is 43.1 Å². The summed E-state index contributed by atoms with van der Waals surface area (Å²) in [4.78, 5) is 7.53. The van der Waals surface area contributed by atoms with Gasteiger partial charge in [0, 0.05) is 0 Å². The van der Waals surface area contributed by atoms with Crippen molar-refractivity contribution in [3.8, 4) is 0 Å². The van der Waals surface area contributed by atoms with Crippen molar-refractivity contribution in [2.45, 2.75) is 10.4 Å². The van der Waals surface area contributed by atoms with Crippen LogP contribution in [0.5, 0.6) is 0 Å². The van der Waals surface area contributed by atoms with Crippen LogP contribution in [0.1, 0.15) is 0 Å². The lowest BCUT2D eigenvalue weighted by Gasteiger charge is -2.07. The zero-order valence-corrected chi connectivity index (χ0v) is 8.03. The molecule has 0 fully saturated rings. The first-order valence-corrected chi connectivity index (χ1v) is 4.42. The molecule has 1 rings (SSSR count). The van der Waals surface area contributed by atoms with E-state index >= 15 is 0 Å². The van der Waals surface area contributed by atoms with Crippen LogP contribution in [-0.4, -0.2) is 10.4 Å². The predicted octanol–water partition coefficient (Wildman–Crippen LogP) is 3.48. The molecule has 0 saturated heterocycles. The van der Waals surface area contributed by atoms with Gasteiger partial charge in [-0.15, -0.1) is 0 Å². The van der Waals surface area contributed by atoms with Crippen molar-refractivity contribution >= 4 is 17.4 Å². The van der Waals surface area contributed by atoms with Gasteiger partial charge in [0.1, 0.15) is 10.7 Å². The SMILES string of the molecule is O=[N+]([O-])c1c(F)ccc(F)c1SC(F)(F)F. The van der Waals surface area contributed by atoms with Gasteiger partial charge in [0.2, 0.25) is 5.82 Å². The van der Waals surface area contributed by atoms with Gasteiger partial charge in [-0.2, -0.15) is 17.6 Å². The summed E-state index contributed by atoms with van der Waals surface area (Å²) in [6, 6.07) is 0.796. The molecule has 3 nitrogen and oxygen atoms in total. The Morgan fingerprint density at radius 1 is 1.19 bits per heavy atom. The van der Waals surface area contributed by atoms with Gasteiger partial charge in [-0.25, -0.2) is 4.39 Å². The van der Waals surface area contributed by atoms with Crippen molar-refractivity contribution in [1.29, 1.82) is 0 Å². The summed E-state index contributed by atoms with van der Waals surface area (Å²) < 4.78 is 61.6. The lowest BCUT2D eigenvalue weighted by molar-refractivity contribution is -0.390. The minimum absolute atomic E-state index is 0.397. The zero-order chi connectivity index (χ0) is 12.5. The molecule has 1 aromatic rings. The van der Waals surface area contributed by atoms with E-state index in [1.54, 1.807) is 0 Å². The van der Waals surface area contributed by atoms with Crippen LogP contribution in [0.2, 0.25) is 0 Å². The monoisotopic (exact) mass is 259 g/mol. The van der Waals surface area contributed by atoms with Gasteiger partial charge in [-0.3, -0.25) is 10.1 Å². The molecule has 0 aliphatic rings. The van der Waals surface area contributed by atoms with Crippen molar-refractivity contribution < 1.29 is 26.9 Å². The molecule has 0 spiro atoms. The van der Waals surface area contributed by atoms with E-state index in [0.29, 0.717) is 12.1 Å². The van der Waals surface area contributed by atoms with Crippen LogP contribution in [0, 0.1) is 21.7 Å². The Balaban J connectivity index is 3.35. The van der Waals surface area contributed by atoms with Gasteiger partial charge in [-0.05, 0) is 23.9 Å². The maximum absolute atomic E-state index is 12.9. The highest BCUT2D eigenvalue weighted by molar-refractivity contribution is 8.00. The lowest BCUT2D eigenvalue weighted by atomic mass is 10.3. The van der Waals surface area contributed by atoms with Gasteiger partial charge < -0.3 is 0 Å². The molecule has 0 aromatic heterocycles. The smallest absolute Gasteiger partial charge is 0.258 e. The Morgan fingerprint density at radius 3 is 2.12 bits per heavy atom. The van der Waals surface area contributed by atoms with E-state index in [1.807, 2.05) is 0 Å². The van der Waals surface area contributed by atoms with Crippen LogP contribution in [0.15, 0.2) is 17.0 Å². The first-order valence-electron chi connectivity index (χ1n) is 3.60. The number of halogens is 5. The molecule has 0 saturated carbocycles. The fourth-order valence-electron chi connectivity index (χ4n) is 0.905. The minimum atomic E-state index is -4.93. The molecule has 0 heterocycles. The molecule has 0 bridgehead atoms. The van der Waals surface area contributed by atoms with E-state index in [9.17, 15) is 32.1 Å². The van der Waals surface area contributed by atoms with Crippen molar-refractivity contribution in [2.75, 3.05) is 0 Å². The number of nitro benzene ring substituents is 1. The largest absolute Gasteiger partial charge is 0.446 e. The van der Waals surface area contributed by atoms with E-state index in [2.05, 4.69) is 0 Å². The lowest BCUT2D eigenvalue weighted by Crippen LogP contribution is -2.04. The molecule has 0 radical (unpaired) electrons. The summed E-state index contributed by atoms with van der Waals surface area (Å²) in [7, 11) is 0. The summed E-state index contributed by atoms with van der Waals surface area (Å²) in [6.45, 7) is 0. The van der Waals surface area contributed by atoms with Crippen LogP contribution in [0.25, 0.3) is 0 Å². The van der Waals surface area contributed by atoms with Crippen LogP contribution in [0.4, 0.5) is 27.6 Å². The summed E-state index contributed by atoms with van der Waals surface area (Å²) in [6.07, 6.45) is 0. The zero-order valence-electron chi connectivity index (χ0n) is 7.22. The number of rotatable bonds is 2. The van der Waals surface area contributed by atoms with Crippen molar-refractivity contribution in [1.82, 2.24) is 0 Å². The van der Waals surface area contributed by atoms with Crippen LogP contribution in [0.3, 0.4) is 0 Å². The standard InChI is InChI=1S/C7H2F5NO2S/c8-3-1-2-4(9)6(5(3)13(14)15)16-7(10,11)12/h1-2H. The number of nitro groups is 1. The fraction of sp³-hybridized carbons (Fsp3) is 0.143. The normalized spacial score (nSPS) is 11.6. The maximum atomic E-state index is 12.9. The molecule has 0 aliphatic heterocycles. The van der Waals surface area contributed by atoms with Crippen molar-refractivity contribution in [3.05, 3.63) is 33.9 Å². The number of hydrogen-bond acceptors (Lipinski definition) is 3. The number of hydrogen-bond donors (Lipinski definition) is 0. The van der Waals surface area contributed by atoms with Gasteiger partial charge in [0.05, 0.1) is 4.92 Å². The second kappa shape index (κ2) is 4.24. The number of nitrogens with zero attached hydrogens (tertiary/aromatic N) is 1. The molecule has 9 heteroatoms. The molecular weight excluding hydrogens is 257 g/mol. The van der Waals surface area contributed by atoms with Crippen molar-refractivity contribution in [3.63, 3.8) is 0 Å². The second-order valence-corrected chi connectivity index (χ2v) is 3.59. The Morgan fingerprint density at radius 2 is 1.69 bits per heavy atom. The third-order valence-electron chi connectivity index (χ3n) is 1.43. The Kier molecular flexibility index (Phi) is 3.36. The summed E-state index contributed by atoms with van der Waals surface area (Å²) in [5, 5.41) is 10.3. The van der Waals surface area contributed by atoms with Crippen molar-refractivity contribution in [2.24, 2.45) is 0 Å². The molecule has 0 N–H and O–H groups in total. The van der Waals surface area contributed by atoms with Gasteiger partial charge >= 0.3 is 11.2 Å². The molecule has 16 heavy (non-hydrogen) atoms. The molecule has 0 aliphatic carbocycles. The fourth-order valence-corrected chi connectivity index (χ4v) is 1.57. The Hall–Kier alpha value is -1.38. The average Bonchev–Trinajstić information content (AvgIpc) is 2.08. The highest BCUT2D eigenvalue weighted by atomic mass is 32.2. The number of thioether (sulfide) groups is 1. The van der Waals surface area contributed by atoms with Crippen LogP contribution < -0.4 is 0 Å². The predicted molar refractivity (Wildman–Crippen MR) is 44.9 cm³/mol.